The molecule has 3 rings (SSSR count). The summed E-state index contributed by atoms with van der Waals surface area (Å²) in [5, 5.41) is 26.4. The van der Waals surface area contributed by atoms with Gasteiger partial charge < -0.3 is 30.3 Å². The summed E-state index contributed by atoms with van der Waals surface area (Å²) in [7, 11) is -3.56. The van der Waals surface area contributed by atoms with Gasteiger partial charge in [-0.15, -0.1) is 0 Å². The minimum absolute atomic E-state index is 0.00228. The first-order valence-electron chi connectivity index (χ1n) is 12.5. The molecule has 1 amide bonds. The first-order chi connectivity index (χ1) is 17.6. The summed E-state index contributed by atoms with van der Waals surface area (Å²) < 4.78 is 36.3. The predicted octanol–water partition coefficient (Wildman–Crippen LogP) is 1.95. The molecule has 0 unspecified atom stereocenters. The van der Waals surface area contributed by atoms with Crippen molar-refractivity contribution < 1.29 is 32.9 Å². The SMILES string of the molecule is CCCCNC(=O)COc1ccc2c(c1)C[C@@H](NC[C@H](O)COc1ccc(O)c(NS(C)(=O)=O)c1)CC2. The van der Waals surface area contributed by atoms with E-state index < -0.39 is 16.1 Å². The number of aryl methyl sites for hydroxylation is 1. The molecule has 0 spiro atoms. The first-order valence-corrected chi connectivity index (χ1v) is 14.4. The summed E-state index contributed by atoms with van der Waals surface area (Å²) in [4.78, 5) is 11.9. The summed E-state index contributed by atoms with van der Waals surface area (Å²) in [6.07, 6.45) is 4.78. The molecule has 0 aromatic heterocycles. The van der Waals surface area contributed by atoms with Crippen LogP contribution in [0.3, 0.4) is 0 Å². The number of hydrogen-bond donors (Lipinski definition) is 5. The number of carbonyl (C=O) groups is 1. The lowest BCUT2D eigenvalue weighted by Gasteiger charge is -2.27. The van der Waals surface area contributed by atoms with Crippen molar-refractivity contribution in [2.24, 2.45) is 0 Å². The maximum Gasteiger partial charge on any atom is 0.257 e. The van der Waals surface area contributed by atoms with Gasteiger partial charge in [-0.2, -0.15) is 0 Å². The summed E-state index contributed by atoms with van der Waals surface area (Å²) in [5.74, 6) is 0.636. The van der Waals surface area contributed by atoms with Crippen molar-refractivity contribution in [1.29, 1.82) is 0 Å². The summed E-state index contributed by atoms with van der Waals surface area (Å²) in [6, 6.07) is 10.3. The van der Waals surface area contributed by atoms with Crippen LogP contribution < -0.4 is 24.8 Å². The number of nitrogens with one attached hydrogen (secondary N) is 3. The van der Waals surface area contributed by atoms with E-state index in [0.29, 0.717) is 24.6 Å². The van der Waals surface area contributed by atoms with Crippen molar-refractivity contribution in [3.63, 3.8) is 0 Å². The van der Waals surface area contributed by atoms with Crippen LogP contribution in [0.2, 0.25) is 0 Å². The van der Waals surface area contributed by atoms with Gasteiger partial charge in [-0.05, 0) is 61.1 Å². The van der Waals surface area contributed by atoms with Crippen LogP contribution >= 0.6 is 0 Å². The number of aliphatic hydroxyl groups is 1. The fourth-order valence-corrected chi connectivity index (χ4v) is 4.61. The molecule has 37 heavy (non-hydrogen) atoms. The zero-order valence-electron chi connectivity index (χ0n) is 21.3. The molecule has 0 saturated carbocycles. The van der Waals surface area contributed by atoms with E-state index in [9.17, 15) is 23.4 Å². The Morgan fingerprint density at radius 1 is 1.14 bits per heavy atom. The third-order valence-electron chi connectivity index (χ3n) is 5.98. The van der Waals surface area contributed by atoms with Gasteiger partial charge in [0.1, 0.15) is 30.0 Å². The molecule has 2 aromatic carbocycles. The van der Waals surface area contributed by atoms with Gasteiger partial charge >= 0.3 is 0 Å². The van der Waals surface area contributed by atoms with Crippen molar-refractivity contribution in [2.45, 2.75) is 51.2 Å². The van der Waals surface area contributed by atoms with Gasteiger partial charge in [0.15, 0.2) is 6.61 Å². The van der Waals surface area contributed by atoms with E-state index >= 15 is 0 Å². The van der Waals surface area contributed by atoms with Gasteiger partial charge in [-0.25, -0.2) is 8.42 Å². The lowest BCUT2D eigenvalue weighted by molar-refractivity contribution is -0.123. The Hall–Kier alpha value is -3.02. The van der Waals surface area contributed by atoms with E-state index in [-0.39, 0.29) is 36.6 Å². The number of hydrogen-bond acceptors (Lipinski definition) is 8. The quantitative estimate of drug-likeness (QED) is 0.182. The molecule has 0 aliphatic heterocycles. The molecular formula is C26H37N3O7S. The van der Waals surface area contributed by atoms with Crippen molar-refractivity contribution >= 4 is 21.6 Å². The molecule has 1 aliphatic rings. The predicted molar refractivity (Wildman–Crippen MR) is 142 cm³/mol. The molecule has 204 valence electrons. The third-order valence-corrected chi connectivity index (χ3v) is 6.57. The van der Waals surface area contributed by atoms with Crippen LogP contribution in [0.5, 0.6) is 17.2 Å². The Morgan fingerprint density at radius 2 is 1.89 bits per heavy atom. The standard InChI is InChI=1S/C26H37N3O7S/c1-3-4-11-27-26(32)17-36-22-8-6-18-5-7-20(12-19(18)13-22)28-15-21(30)16-35-23-9-10-25(31)24(14-23)29-37(2,33)34/h6,8-10,13-14,20-21,28-31H,3-5,7,11-12,15-17H2,1-2H3,(H,27,32)/t20-,21-/m0/s1. The number of amides is 1. The van der Waals surface area contributed by atoms with Gasteiger partial charge in [-0.1, -0.05) is 19.4 Å². The van der Waals surface area contributed by atoms with Crippen molar-refractivity contribution in [1.82, 2.24) is 10.6 Å². The normalized spacial score (nSPS) is 15.9. The molecule has 0 bridgehead atoms. The van der Waals surface area contributed by atoms with Gasteiger partial charge in [0.05, 0.1) is 11.9 Å². The Balaban J connectivity index is 1.44. The number of aliphatic hydroxyl groups excluding tert-OH is 1. The average Bonchev–Trinajstić information content (AvgIpc) is 2.85. The maximum absolute atomic E-state index is 11.9. The first kappa shape index (κ1) is 28.5. The number of unbranched alkanes of at least 4 members (excludes halogenated alkanes) is 1. The second-order valence-electron chi connectivity index (χ2n) is 9.29. The Bertz CT molecular complexity index is 1160. The fraction of sp³-hybridized carbons (Fsp3) is 0.500. The number of sulfonamides is 1. The molecule has 5 N–H and O–H groups in total. The minimum atomic E-state index is -3.56. The maximum atomic E-state index is 11.9. The van der Waals surface area contributed by atoms with E-state index in [0.717, 1.165) is 43.9 Å². The summed E-state index contributed by atoms with van der Waals surface area (Å²) in [5.41, 5.74) is 2.43. The molecule has 0 fully saturated rings. The highest BCUT2D eigenvalue weighted by atomic mass is 32.2. The number of benzene rings is 2. The lowest BCUT2D eigenvalue weighted by Crippen LogP contribution is -2.40. The Morgan fingerprint density at radius 3 is 2.65 bits per heavy atom. The highest BCUT2D eigenvalue weighted by molar-refractivity contribution is 7.92. The number of aromatic hydroxyl groups is 1. The smallest absolute Gasteiger partial charge is 0.257 e. The average molecular weight is 536 g/mol. The fourth-order valence-electron chi connectivity index (χ4n) is 4.04. The van der Waals surface area contributed by atoms with Crippen molar-refractivity contribution in [2.75, 3.05) is 37.3 Å². The number of phenols is 1. The number of fused-ring (bicyclic) bond motifs is 1. The third kappa shape index (κ3) is 9.75. The van der Waals surface area contributed by atoms with Crippen LogP contribution in [-0.4, -0.2) is 69.2 Å². The molecule has 0 heterocycles. The molecule has 0 saturated heterocycles. The van der Waals surface area contributed by atoms with Crippen LogP contribution in [0.15, 0.2) is 36.4 Å². The number of ether oxygens (including phenoxy) is 2. The molecule has 1 aliphatic carbocycles. The zero-order chi connectivity index (χ0) is 26.8. The molecule has 0 radical (unpaired) electrons. The second-order valence-corrected chi connectivity index (χ2v) is 11.0. The van der Waals surface area contributed by atoms with Crippen molar-refractivity contribution in [3.8, 4) is 17.2 Å². The topological polar surface area (TPSA) is 146 Å². The molecular weight excluding hydrogens is 498 g/mol. The molecule has 10 nitrogen and oxygen atoms in total. The van der Waals surface area contributed by atoms with Gasteiger partial charge in [-0.3, -0.25) is 9.52 Å². The van der Waals surface area contributed by atoms with E-state index in [1.54, 1.807) is 0 Å². The molecule has 2 aromatic rings. The number of anilines is 1. The van der Waals surface area contributed by atoms with E-state index in [2.05, 4.69) is 22.3 Å². The Kier molecular flexibility index (Phi) is 10.4. The van der Waals surface area contributed by atoms with E-state index in [1.807, 2.05) is 18.2 Å². The van der Waals surface area contributed by atoms with Crippen molar-refractivity contribution in [3.05, 3.63) is 47.5 Å². The summed E-state index contributed by atoms with van der Waals surface area (Å²) >= 11 is 0. The molecule has 2 atom stereocenters. The largest absolute Gasteiger partial charge is 0.506 e. The number of carbonyl (C=O) groups excluding carboxylic acids is 1. The number of phenolic OH excluding ortho intramolecular Hbond substituents is 1. The second kappa shape index (κ2) is 13.5. The van der Waals surface area contributed by atoms with Gasteiger partial charge in [0.2, 0.25) is 10.0 Å². The van der Waals surface area contributed by atoms with Crippen LogP contribution in [0.4, 0.5) is 5.69 Å². The lowest BCUT2D eigenvalue weighted by atomic mass is 9.88. The van der Waals surface area contributed by atoms with E-state index in [4.69, 9.17) is 9.47 Å². The van der Waals surface area contributed by atoms with Crippen LogP contribution in [-0.2, 0) is 27.7 Å². The van der Waals surface area contributed by atoms with E-state index in [1.165, 1.54) is 23.8 Å². The van der Waals surface area contributed by atoms with Crippen LogP contribution in [0.25, 0.3) is 0 Å². The number of rotatable bonds is 14. The molecule has 11 heteroatoms. The summed E-state index contributed by atoms with van der Waals surface area (Å²) in [6.45, 7) is 3.04. The highest BCUT2D eigenvalue weighted by Crippen LogP contribution is 2.29. The van der Waals surface area contributed by atoms with Gasteiger partial charge in [0, 0.05) is 25.2 Å². The van der Waals surface area contributed by atoms with Crippen LogP contribution in [0, 0.1) is 0 Å². The van der Waals surface area contributed by atoms with Crippen LogP contribution in [0.1, 0.15) is 37.3 Å². The Labute approximate surface area is 218 Å². The minimum Gasteiger partial charge on any atom is -0.506 e. The monoisotopic (exact) mass is 535 g/mol. The highest BCUT2D eigenvalue weighted by Gasteiger charge is 2.20. The zero-order valence-corrected chi connectivity index (χ0v) is 22.1. The van der Waals surface area contributed by atoms with Gasteiger partial charge in [0.25, 0.3) is 5.91 Å².